The highest BCUT2D eigenvalue weighted by molar-refractivity contribution is 5.84. The topological polar surface area (TPSA) is 59.6 Å². The van der Waals surface area contributed by atoms with Crippen LogP contribution in [-0.2, 0) is 4.79 Å². The van der Waals surface area contributed by atoms with Crippen LogP contribution in [-0.4, -0.2) is 32.2 Å². The highest BCUT2D eigenvalue weighted by Gasteiger charge is 2.20. The molecule has 1 aromatic rings. The number of amides is 1. The van der Waals surface area contributed by atoms with E-state index in [1.54, 1.807) is 14.2 Å². The summed E-state index contributed by atoms with van der Waals surface area (Å²) < 4.78 is 10.5. The van der Waals surface area contributed by atoms with Gasteiger partial charge in [0.2, 0.25) is 5.91 Å². The molecule has 21 heavy (non-hydrogen) atoms. The average Bonchev–Trinajstić information content (AvgIpc) is 2.99. The minimum atomic E-state index is -0.288. The number of nitrogens with one attached hydrogen (secondary N) is 2. The Kier molecular flexibility index (Phi) is 5.31. The lowest BCUT2D eigenvalue weighted by Crippen LogP contribution is -2.42. The molecule has 1 fully saturated rings. The Morgan fingerprint density at radius 1 is 1.19 bits per heavy atom. The third-order valence-electron chi connectivity index (χ3n) is 3.86. The van der Waals surface area contributed by atoms with Gasteiger partial charge in [0.15, 0.2) is 11.5 Å². The number of ether oxygens (including phenoxy) is 2. The molecule has 2 rings (SSSR count). The fourth-order valence-electron chi connectivity index (χ4n) is 2.64. The van der Waals surface area contributed by atoms with Crippen LogP contribution in [0.2, 0.25) is 0 Å². The maximum atomic E-state index is 12.2. The number of carbonyl (C=O) groups is 1. The van der Waals surface area contributed by atoms with Gasteiger partial charge in [0.05, 0.1) is 14.2 Å². The average molecular weight is 292 g/mol. The first kappa shape index (κ1) is 15.5. The van der Waals surface area contributed by atoms with Crippen LogP contribution in [0, 0.1) is 0 Å². The molecule has 0 aliphatic heterocycles. The van der Waals surface area contributed by atoms with Gasteiger partial charge < -0.3 is 20.1 Å². The van der Waals surface area contributed by atoms with E-state index in [1.165, 1.54) is 12.8 Å². The van der Waals surface area contributed by atoms with Crippen molar-refractivity contribution in [2.24, 2.45) is 0 Å². The zero-order chi connectivity index (χ0) is 15.2. The summed E-state index contributed by atoms with van der Waals surface area (Å²) in [4.78, 5) is 12.2. The van der Waals surface area contributed by atoms with E-state index in [0.29, 0.717) is 17.5 Å². The Morgan fingerprint density at radius 2 is 1.86 bits per heavy atom. The molecule has 1 atom stereocenters. The van der Waals surface area contributed by atoms with Gasteiger partial charge in [0, 0.05) is 17.8 Å². The summed E-state index contributed by atoms with van der Waals surface area (Å²) in [7, 11) is 3.19. The van der Waals surface area contributed by atoms with Crippen molar-refractivity contribution in [3.8, 4) is 11.5 Å². The Balaban J connectivity index is 1.94. The van der Waals surface area contributed by atoms with Crippen LogP contribution < -0.4 is 20.1 Å². The second-order valence-corrected chi connectivity index (χ2v) is 5.43. The number of carbonyl (C=O) groups excluding carboxylic acids is 1. The molecule has 5 heteroatoms. The van der Waals surface area contributed by atoms with Crippen LogP contribution in [0.1, 0.15) is 32.6 Å². The molecule has 116 valence electrons. The molecule has 5 nitrogen and oxygen atoms in total. The zero-order valence-electron chi connectivity index (χ0n) is 12.9. The van der Waals surface area contributed by atoms with E-state index in [-0.39, 0.29) is 11.9 Å². The molecule has 2 N–H and O–H groups in total. The van der Waals surface area contributed by atoms with Crippen molar-refractivity contribution in [3.63, 3.8) is 0 Å². The quantitative estimate of drug-likeness (QED) is 0.846. The van der Waals surface area contributed by atoms with Gasteiger partial charge in [0.1, 0.15) is 6.04 Å². The van der Waals surface area contributed by atoms with Crippen molar-refractivity contribution < 1.29 is 14.3 Å². The minimum Gasteiger partial charge on any atom is -0.493 e. The van der Waals surface area contributed by atoms with E-state index in [9.17, 15) is 4.79 Å². The molecule has 1 amide bonds. The monoisotopic (exact) mass is 292 g/mol. The smallest absolute Gasteiger partial charge is 0.242 e. The summed E-state index contributed by atoms with van der Waals surface area (Å²) in [5.41, 5.74) is 0.835. The van der Waals surface area contributed by atoms with Crippen molar-refractivity contribution in [2.75, 3.05) is 19.5 Å². The SMILES string of the molecule is COc1ccc(NC(C)C(=O)NC2CCCC2)cc1OC. The van der Waals surface area contributed by atoms with Crippen LogP contribution in [0.15, 0.2) is 18.2 Å². The predicted octanol–water partition coefficient (Wildman–Crippen LogP) is 2.56. The molecule has 0 radical (unpaired) electrons. The lowest BCUT2D eigenvalue weighted by atomic mass is 10.2. The molecule has 0 saturated heterocycles. The lowest BCUT2D eigenvalue weighted by Gasteiger charge is -2.19. The van der Waals surface area contributed by atoms with E-state index in [1.807, 2.05) is 25.1 Å². The maximum Gasteiger partial charge on any atom is 0.242 e. The van der Waals surface area contributed by atoms with Crippen LogP contribution in [0.5, 0.6) is 11.5 Å². The van der Waals surface area contributed by atoms with E-state index >= 15 is 0 Å². The maximum absolute atomic E-state index is 12.2. The molecule has 0 spiro atoms. The van der Waals surface area contributed by atoms with Crippen molar-refractivity contribution in [1.82, 2.24) is 5.32 Å². The minimum absolute atomic E-state index is 0.0386. The van der Waals surface area contributed by atoms with Crippen molar-refractivity contribution in [1.29, 1.82) is 0 Å². The molecule has 1 aliphatic rings. The van der Waals surface area contributed by atoms with Crippen LogP contribution >= 0.6 is 0 Å². The molecule has 0 heterocycles. The summed E-state index contributed by atoms with van der Waals surface area (Å²) in [6.45, 7) is 1.86. The first-order chi connectivity index (χ1) is 10.1. The molecule has 1 unspecified atom stereocenters. The number of anilines is 1. The third kappa shape index (κ3) is 4.03. The summed E-state index contributed by atoms with van der Waals surface area (Å²) in [5.74, 6) is 1.36. The number of hydrogen-bond acceptors (Lipinski definition) is 4. The fourth-order valence-corrected chi connectivity index (χ4v) is 2.64. The summed E-state index contributed by atoms with van der Waals surface area (Å²) in [5, 5.41) is 6.29. The van der Waals surface area contributed by atoms with E-state index in [4.69, 9.17) is 9.47 Å². The Hall–Kier alpha value is -1.91. The summed E-state index contributed by atoms with van der Waals surface area (Å²) >= 11 is 0. The van der Waals surface area contributed by atoms with Gasteiger partial charge in [-0.3, -0.25) is 4.79 Å². The van der Waals surface area contributed by atoms with Gasteiger partial charge in [-0.05, 0) is 31.9 Å². The van der Waals surface area contributed by atoms with Gasteiger partial charge in [-0.15, -0.1) is 0 Å². The number of benzene rings is 1. The Morgan fingerprint density at radius 3 is 2.48 bits per heavy atom. The fraction of sp³-hybridized carbons (Fsp3) is 0.562. The number of hydrogen-bond donors (Lipinski definition) is 2. The molecular weight excluding hydrogens is 268 g/mol. The molecule has 1 saturated carbocycles. The molecule has 0 aromatic heterocycles. The van der Waals surface area contributed by atoms with Crippen LogP contribution in [0.3, 0.4) is 0 Å². The van der Waals surface area contributed by atoms with Gasteiger partial charge >= 0.3 is 0 Å². The van der Waals surface area contributed by atoms with Crippen molar-refractivity contribution in [2.45, 2.75) is 44.7 Å². The second kappa shape index (κ2) is 7.20. The molecule has 1 aromatic carbocycles. The van der Waals surface area contributed by atoms with Crippen molar-refractivity contribution in [3.05, 3.63) is 18.2 Å². The van der Waals surface area contributed by atoms with Gasteiger partial charge in [0.25, 0.3) is 0 Å². The van der Waals surface area contributed by atoms with Gasteiger partial charge in [-0.25, -0.2) is 0 Å². The van der Waals surface area contributed by atoms with Crippen molar-refractivity contribution >= 4 is 11.6 Å². The highest BCUT2D eigenvalue weighted by Crippen LogP contribution is 2.30. The molecule has 1 aliphatic carbocycles. The van der Waals surface area contributed by atoms with Gasteiger partial charge in [-0.1, -0.05) is 12.8 Å². The lowest BCUT2D eigenvalue weighted by molar-refractivity contribution is -0.122. The molecule has 0 bridgehead atoms. The van der Waals surface area contributed by atoms with E-state index in [0.717, 1.165) is 18.5 Å². The third-order valence-corrected chi connectivity index (χ3v) is 3.86. The summed E-state index contributed by atoms with van der Waals surface area (Å²) in [6.07, 6.45) is 4.61. The summed E-state index contributed by atoms with van der Waals surface area (Å²) in [6, 6.07) is 5.58. The Bertz CT molecular complexity index is 484. The number of rotatable bonds is 6. The Labute approximate surface area is 126 Å². The standard InChI is InChI=1S/C16H24N2O3/c1-11(16(19)18-12-6-4-5-7-12)17-13-8-9-14(20-2)15(10-13)21-3/h8-12,17H,4-7H2,1-3H3,(H,18,19). The number of methoxy groups -OCH3 is 2. The normalized spacial score (nSPS) is 16.3. The highest BCUT2D eigenvalue weighted by atomic mass is 16.5. The van der Waals surface area contributed by atoms with Crippen LogP contribution in [0.4, 0.5) is 5.69 Å². The van der Waals surface area contributed by atoms with E-state index in [2.05, 4.69) is 10.6 Å². The van der Waals surface area contributed by atoms with Gasteiger partial charge in [-0.2, -0.15) is 0 Å². The predicted molar refractivity (Wildman–Crippen MR) is 83.0 cm³/mol. The largest absolute Gasteiger partial charge is 0.493 e. The first-order valence-corrected chi connectivity index (χ1v) is 7.43. The van der Waals surface area contributed by atoms with Crippen LogP contribution in [0.25, 0.3) is 0 Å². The van der Waals surface area contributed by atoms with E-state index < -0.39 is 0 Å². The molecular formula is C16H24N2O3. The second-order valence-electron chi connectivity index (χ2n) is 5.43. The first-order valence-electron chi connectivity index (χ1n) is 7.43. The zero-order valence-corrected chi connectivity index (χ0v) is 12.9.